The van der Waals surface area contributed by atoms with Crippen molar-refractivity contribution in [3.05, 3.63) is 0 Å². The normalized spacial score (nSPS) is 25.5. The standard InChI is InChI=1S/C15H26O4.2C10H20O.C10H18O.C7H12O4/c1-5-18-13(16)9-14(17)19-11(2)12-7-6-8-15(3,4)10-12;3*1-8(11)9-5-4-6-10(2,3)7-9;1-3-10-6(8)5-7(9)11-4-2/h11-12H,5-10H2,1-4H3;2*8-9,11H,4-7H2,1-3H3;9H,4-7H2,1-3H3;3-5H2,1-2H3/t11-,12?;8-,9?;;;/m11.../s1. The van der Waals surface area contributed by atoms with Gasteiger partial charge in [-0.1, -0.05) is 81.1 Å². The predicted octanol–water partition coefficient (Wildman–Crippen LogP) is 11.5. The predicted molar refractivity (Wildman–Crippen MR) is 252 cm³/mol. The zero-order valence-electron chi connectivity index (χ0n) is 43.0. The molecule has 0 bridgehead atoms. The van der Waals surface area contributed by atoms with E-state index in [9.17, 15) is 34.2 Å². The Bertz CT molecular complexity index is 1280. The molecule has 4 rings (SSSR count). The van der Waals surface area contributed by atoms with Crippen LogP contribution in [0.15, 0.2) is 0 Å². The second kappa shape index (κ2) is 29.9. The highest BCUT2D eigenvalue weighted by Crippen LogP contribution is 2.42. The van der Waals surface area contributed by atoms with Gasteiger partial charge in [-0.2, -0.15) is 0 Å². The highest BCUT2D eigenvalue weighted by molar-refractivity contribution is 5.91. The van der Waals surface area contributed by atoms with Gasteiger partial charge in [0.05, 0.1) is 32.0 Å². The topological polar surface area (TPSA) is 163 Å². The molecule has 2 N–H and O–H groups in total. The van der Waals surface area contributed by atoms with Crippen molar-refractivity contribution in [1.29, 1.82) is 0 Å². The molecular weight excluding hydrogens is 801 g/mol. The number of Topliss-reactive ketones (excluding diaryl/α,β-unsaturated/α-hetero) is 1. The van der Waals surface area contributed by atoms with Crippen molar-refractivity contribution < 1.29 is 53.1 Å². The molecular formula is C52H96O11. The van der Waals surface area contributed by atoms with Gasteiger partial charge in [0.15, 0.2) is 0 Å². The highest BCUT2D eigenvalue weighted by atomic mass is 16.6. The molecule has 0 aromatic heterocycles. The minimum atomic E-state index is -0.536. The summed E-state index contributed by atoms with van der Waals surface area (Å²) >= 11 is 0. The van der Waals surface area contributed by atoms with Crippen LogP contribution in [0.25, 0.3) is 0 Å². The molecule has 4 saturated carbocycles. The molecule has 11 nitrogen and oxygen atoms in total. The summed E-state index contributed by atoms with van der Waals surface area (Å²) in [6, 6.07) is 0. The molecule has 11 heteroatoms. The van der Waals surface area contributed by atoms with Crippen LogP contribution in [0.4, 0.5) is 0 Å². The second-order valence-electron chi connectivity index (χ2n) is 22.1. The Hall–Kier alpha value is -2.53. The molecule has 4 aliphatic rings. The molecule has 4 fully saturated rings. The van der Waals surface area contributed by atoms with Gasteiger partial charge in [-0.3, -0.25) is 24.0 Å². The number of esters is 4. The van der Waals surface area contributed by atoms with E-state index in [1.54, 1.807) is 27.7 Å². The Labute approximate surface area is 384 Å². The molecule has 63 heavy (non-hydrogen) atoms. The molecule has 370 valence electrons. The van der Waals surface area contributed by atoms with Gasteiger partial charge in [0, 0.05) is 5.92 Å². The Morgan fingerprint density at radius 1 is 0.492 bits per heavy atom. The molecule has 0 aromatic carbocycles. The van der Waals surface area contributed by atoms with Crippen LogP contribution in [-0.4, -0.2) is 78.0 Å². The van der Waals surface area contributed by atoms with E-state index in [0.717, 1.165) is 25.7 Å². The van der Waals surface area contributed by atoms with E-state index in [2.05, 4.69) is 64.9 Å². The molecule has 0 heterocycles. The Morgan fingerprint density at radius 3 is 1.06 bits per heavy atom. The summed E-state index contributed by atoms with van der Waals surface area (Å²) in [5, 5.41) is 18.8. The van der Waals surface area contributed by atoms with Crippen LogP contribution in [0, 0.1) is 45.3 Å². The van der Waals surface area contributed by atoms with Gasteiger partial charge < -0.3 is 29.2 Å². The molecule has 0 spiro atoms. The van der Waals surface area contributed by atoms with Crippen LogP contribution in [0.1, 0.15) is 219 Å². The lowest BCUT2D eigenvalue weighted by Crippen LogP contribution is -2.32. The fourth-order valence-electron chi connectivity index (χ4n) is 9.76. The minimum absolute atomic E-state index is 0.102. The minimum Gasteiger partial charge on any atom is -0.466 e. The van der Waals surface area contributed by atoms with Crippen molar-refractivity contribution in [1.82, 2.24) is 0 Å². The van der Waals surface area contributed by atoms with Crippen LogP contribution in [0.5, 0.6) is 0 Å². The molecule has 0 aliphatic heterocycles. The monoisotopic (exact) mass is 897 g/mol. The number of rotatable bonds is 12. The fourth-order valence-corrected chi connectivity index (χ4v) is 9.76. The lowest BCUT2D eigenvalue weighted by molar-refractivity contribution is -0.160. The lowest BCUT2D eigenvalue weighted by Gasteiger charge is -2.37. The summed E-state index contributed by atoms with van der Waals surface area (Å²) in [5.74, 6) is 0.193. The van der Waals surface area contributed by atoms with Gasteiger partial charge in [0.2, 0.25) is 0 Å². The summed E-state index contributed by atoms with van der Waals surface area (Å²) in [6.45, 7) is 31.7. The first kappa shape index (κ1) is 60.5. The van der Waals surface area contributed by atoms with E-state index in [1.165, 1.54) is 77.0 Å². The Balaban J connectivity index is 0.000000780. The largest absolute Gasteiger partial charge is 0.466 e. The average Bonchev–Trinajstić information content (AvgIpc) is 3.14. The third-order valence-corrected chi connectivity index (χ3v) is 13.3. The number of ether oxygens (including phenoxy) is 4. The maximum Gasteiger partial charge on any atom is 0.317 e. The van der Waals surface area contributed by atoms with Gasteiger partial charge in [-0.25, -0.2) is 0 Å². The van der Waals surface area contributed by atoms with Crippen LogP contribution >= 0.6 is 0 Å². The van der Waals surface area contributed by atoms with Crippen molar-refractivity contribution in [3.8, 4) is 0 Å². The number of ketones is 1. The number of aliphatic hydroxyl groups is 2. The van der Waals surface area contributed by atoms with Crippen molar-refractivity contribution in [2.75, 3.05) is 19.8 Å². The zero-order valence-corrected chi connectivity index (χ0v) is 43.0. The number of aliphatic hydroxyl groups excluding tert-OH is 2. The Kier molecular flexibility index (Phi) is 28.7. The van der Waals surface area contributed by atoms with Gasteiger partial charge in [0.25, 0.3) is 0 Å². The molecule has 5 unspecified atom stereocenters. The van der Waals surface area contributed by atoms with Crippen molar-refractivity contribution in [3.63, 3.8) is 0 Å². The van der Waals surface area contributed by atoms with E-state index in [4.69, 9.17) is 9.47 Å². The van der Waals surface area contributed by atoms with E-state index in [0.29, 0.717) is 57.7 Å². The molecule has 4 aliphatic carbocycles. The maximum atomic E-state index is 11.6. The maximum absolute atomic E-state index is 11.6. The number of hydrogen-bond acceptors (Lipinski definition) is 11. The van der Waals surface area contributed by atoms with Gasteiger partial charge >= 0.3 is 23.9 Å². The van der Waals surface area contributed by atoms with Gasteiger partial charge in [-0.15, -0.1) is 0 Å². The van der Waals surface area contributed by atoms with E-state index in [-0.39, 0.29) is 44.4 Å². The highest BCUT2D eigenvalue weighted by Gasteiger charge is 2.34. The average molecular weight is 897 g/mol. The fraction of sp³-hybridized carbons (Fsp3) is 0.904. The summed E-state index contributed by atoms with van der Waals surface area (Å²) in [5.41, 5.74) is 1.68. The SMILES string of the molecule is CC(=O)C1CCCC(C)(C)C1.CC(O)C1CCCC(C)(C)C1.CCOC(=O)CC(=O)OCC.CCOC(=O)CC(=O)O[C@H](C)C1CCCC(C)(C)C1.C[C@@H](O)C1CCCC(C)(C)C1. The number of carbonyl (C=O) groups excluding carboxylic acids is 5. The zero-order chi connectivity index (χ0) is 48.6. The van der Waals surface area contributed by atoms with E-state index < -0.39 is 23.9 Å². The molecule has 0 aromatic rings. The smallest absolute Gasteiger partial charge is 0.317 e. The first-order chi connectivity index (χ1) is 29.1. The van der Waals surface area contributed by atoms with E-state index in [1.807, 2.05) is 20.8 Å². The summed E-state index contributed by atoms with van der Waals surface area (Å²) in [7, 11) is 0. The summed E-state index contributed by atoms with van der Waals surface area (Å²) in [6.07, 6.45) is 18.5. The first-order valence-corrected chi connectivity index (χ1v) is 24.6. The first-order valence-electron chi connectivity index (χ1n) is 24.6. The quantitative estimate of drug-likeness (QED) is 0.109. The van der Waals surface area contributed by atoms with Crippen LogP contribution < -0.4 is 0 Å². The Morgan fingerprint density at radius 2 is 0.794 bits per heavy atom. The second-order valence-corrected chi connectivity index (χ2v) is 22.1. The van der Waals surface area contributed by atoms with Crippen molar-refractivity contribution in [2.45, 2.75) is 238 Å². The van der Waals surface area contributed by atoms with E-state index >= 15 is 0 Å². The molecule has 7 atom stereocenters. The van der Waals surface area contributed by atoms with Crippen LogP contribution in [-0.2, 0) is 42.9 Å². The third-order valence-electron chi connectivity index (χ3n) is 13.3. The molecule has 0 radical (unpaired) electrons. The van der Waals surface area contributed by atoms with Crippen molar-refractivity contribution in [2.24, 2.45) is 45.3 Å². The van der Waals surface area contributed by atoms with Crippen LogP contribution in [0.2, 0.25) is 0 Å². The van der Waals surface area contributed by atoms with Gasteiger partial charge in [0.1, 0.15) is 24.7 Å². The number of carbonyl (C=O) groups is 5. The third kappa shape index (κ3) is 28.9. The molecule has 0 saturated heterocycles. The van der Waals surface area contributed by atoms with Crippen LogP contribution in [0.3, 0.4) is 0 Å². The van der Waals surface area contributed by atoms with Crippen molar-refractivity contribution >= 4 is 29.7 Å². The lowest BCUT2D eigenvalue weighted by atomic mass is 9.71. The summed E-state index contributed by atoms with van der Waals surface area (Å²) in [4.78, 5) is 55.1. The summed E-state index contributed by atoms with van der Waals surface area (Å²) < 4.78 is 19.1. The molecule has 0 amide bonds. The number of hydrogen-bond donors (Lipinski definition) is 2. The van der Waals surface area contributed by atoms with Gasteiger partial charge in [-0.05, 0) is 165 Å².